The van der Waals surface area contributed by atoms with Crippen LogP contribution in [0, 0.1) is 87.3 Å². The smallest absolute Gasteiger partial charge is 0.0176 e. The quantitative estimate of drug-likeness (QED) is 0.196. The average Bonchev–Trinajstić information content (AvgIpc) is 2.85. The minimum atomic E-state index is 0.359. The summed E-state index contributed by atoms with van der Waals surface area (Å²) < 4.78 is 0. The van der Waals surface area contributed by atoms with Crippen LogP contribution in [0.5, 0.6) is 0 Å². The minimum Gasteiger partial charge on any atom is -0.0851 e. The summed E-state index contributed by atoms with van der Waals surface area (Å²) in [6.07, 6.45) is 15.3. The van der Waals surface area contributed by atoms with Crippen molar-refractivity contribution in [1.29, 1.82) is 0 Å². The first-order chi connectivity index (χ1) is 17.6. The van der Waals surface area contributed by atoms with Gasteiger partial charge >= 0.3 is 0 Å². The van der Waals surface area contributed by atoms with Gasteiger partial charge in [0.05, 0.1) is 0 Å². The highest BCUT2D eigenvalue weighted by molar-refractivity contribution is 5.17. The van der Waals surface area contributed by atoms with Crippen LogP contribution in [0.4, 0.5) is 0 Å². The molecule has 0 heterocycles. The number of unbranched alkanes of at least 4 members (excludes halogenated alkanes) is 2. The van der Waals surface area contributed by atoms with E-state index in [0.717, 1.165) is 71.0 Å². The third-order valence-electron chi connectivity index (χ3n) is 14.7. The van der Waals surface area contributed by atoms with E-state index in [9.17, 15) is 0 Å². The summed E-state index contributed by atoms with van der Waals surface area (Å²) >= 11 is 0. The predicted octanol–water partition coefficient (Wildman–Crippen LogP) is 11.9. The van der Waals surface area contributed by atoms with Crippen LogP contribution in [0.15, 0.2) is 12.2 Å². The number of rotatable bonds is 10. The maximum atomic E-state index is 2.77. The van der Waals surface area contributed by atoms with Crippen LogP contribution in [0.1, 0.15) is 142 Å². The standard InChI is InChI=1S/C38H70/c1-15-16-17-18-26(6)32-20-19-27(7)33-21-35-31(11)38(14,30(10)28(8)24(2)3)37(13,29(9)25(4)5)23-36(35,12)22-34(32)33/h19-20,24-35H,15-18,21-23H2,1-14H3. The Balaban J connectivity index is 2.04. The average molecular weight is 527 g/mol. The highest BCUT2D eigenvalue weighted by Gasteiger charge is 2.66. The molecule has 0 spiro atoms. The molecule has 3 aliphatic carbocycles. The Morgan fingerprint density at radius 1 is 0.789 bits per heavy atom. The molecule has 38 heavy (non-hydrogen) atoms. The largest absolute Gasteiger partial charge is 0.0851 e. The first kappa shape index (κ1) is 32.3. The highest BCUT2D eigenvalue weighted by atomic mass is 14.7. The second-order valence-electron chi connectivity index (χ2n) is 16.9. The molecule has 0 aromatic heterocycles. The molecule has 0 bridgehead atoms. The predicted molar refractivity (Wildman–Crippen MR) is 170 cm³/mol. The molecule has 13 atom stereocenters. The molecule has 13 unspecified atom stereocenters. The van der Waals surface area contributed by atoms with E-state index < -0.39 is 0 Å². The van der Waals surface area contributed by atoms with Crippen LogP contribution in [0.2, 0.25) is 0 Å². The lowest BCUT2D eigenvalue weighted by atomic mass is 9.34. The van der Waals surface area contributed by atoms with Crippen molar-refractivity contribution in [1.82, 2.24) is 0 Å². The van der Waals surface area contributed by atoms with Crippen LogP contribution in [-0.4, -0.2) is 0 Å². The fraction of sp³-hybridized carbons (Fsp3) is 0.947. The van der Waals surface area contributed by atoms with Crippen molar-refractivity contribution in [3.8, 4) is 0 Å². The van der Waals surface area contributed by atoms with Crippen molar-refractivity contribution in [3.63, 3.8) is 0 Å². The van der Waals surface area contributed by atoms with E-state index in [4.69, 9.17) is 0 Å². The third kappa shape index (κ3) is 5.36. The monoisotopic (exact) mass is 527 g/mol. The lowest BCUT2D eigenvalue weighted by Crippen LogP contribution is -2.64. The molecule has 0 aromatic rings. The fourth-order valence-electron chi connectivity index (χ4n) is 11.2. The van der Waals surface area contributed by atoms with E-state index in [2.05, 4.69) is 109 Å². The molecular weight excluding hydrogens is 456 g/mol. The SMILES string of the molecule is CCCCCC(C)C1C=CC(C)C2CC3C(C)C(C)(C(C)C(C)C(C)C)C(C)(C(C)C(C)C)CC3(C)CC12. The van der Waals surface area contributed by atoms with Crippen LogP contribution >= 0.6 is 0 Å². The van der Waals surface area contributed by atoms with E-state index in [1.54, 1.807) is 0 Å². The van der Waals surface area contributed by atoms with Crippen molar-refractivity contribution in [3.05, 3.63) is 12.2 Å². The molecule has 0 radical (unpaired) electrons. The van der Waals surface area contributed by atoms with Gasteiger partial charge in [0.15, 0.2) is 0 Å². The molecule has 0 nitrogen and oxygen atoms in total. The maximum Gasteiger partial charge on any atom is -0.0176 e. The van der Waals surface area contributed by atoms with Gasteiger partial charge in [-0.05, 0) is 107 Å². The van der Waals surface area contributed by atoms with Crippen LogP contribution < -0.4 is 0 Å². The maximum absolute atomic E-state index is 2.77. The number of allylic oxidation sites excluding steroid dienone is 2. The Bertz CT molecular complexity index is 790. The zero-order valence-electron chi connectivity index (χ0n) is 28.5. The summed E-state index contributed by atoms with van der Waals surface area (Å²) in [5.41, 5.74) is 1.18. The van der Waals surface area contributed by atoms with Gasteiger partial charge in [0.1, 0.15) is 0 Å². The molecule has 2 fully saturated rings. The topological polar surface area (TPSA) is 0 Å². The highest BCUT2D eigenvalue weighted by Crippen LogP contribution is 2.73. The van der Waals surface area contributed by atoms with Gasteiger partial charge in [0.2, 0.25) is 0 Å². The van der Waals surface area contributed by atoms with E-state index in [0.29, 0.717) is 16.2 Å². The molecule has 2 saturated carbocycles. The third-order valence-corrected chi connectivity index (χ3v) is 14.7. The molecule has 0 heteroatoms. The number of fused-ring (bicyclic) bond motifs is 2. The van der Waals surface area contributed by atoms with Gasteiger partial charge in [-0.25, -0.2) is 0 Å². The Morgan fingerprint density at radius 3 is 1.97 bits per heavy atom. The van der Waals surface area contributed by atoms with Gasteiger partial charge < -0.3 is 0 Å². The van der Waals surface area contributed by atoms with Crippen LogP contribution in [-0.2, 0) is 0 Å². The zero-order chi connectivity index (χ0) is 28.8. The summed E-state index contributed by atoms with van der Waals surface area (Å²) in [6.45, 7) is 36.3. The Hall–Kier alpha value is -0.260. The first-order valence-corrected chi connectivity index (χ1v) is 17.2. The molecule has 222 valence electrons. The molecule has 0 saturated heterocycles. The van der Waals surface area contributed by atoms with Crippen molar-refractivity contribution >= 4 is 0 Å². The summed E-state index contributed by atoms with van der Waals surface area (Å²) in [5.74, 6) is 9.47. The van der Waals surface area contributed by atoms with Crippen LogP contribution in [0.3, 0.4) is 0 Å². The second-order valence-corrected chi connectivity index (χ2v) is 16.9. The fourth-order valence-corrected chi connectivity index (χ4v) is 11.2. The molecule has 3 rings (SSSR count). The van der Waals surface area contributed by atoms with Crippen molar-refractivity contribution in [2.75, 3.05) is 0 Å². The van der Waals surface area contributed by atoms with Gasteiger partial charge in [-0.1, -0.05) is 135 Å². The normalized spacial score (nSPS) is 44.4. The van der Waals surface area contributed by atoms with Gasteiger partial charge in [-0.2, -0.15) is 0 Å². The summed E-state index contributed by atoms with van der Waals surface area (Å²) in [6, 6.07) is 0. The van der Waals surface area contributed by atoms with Gasteiger partial charge in [0, 0.05) is 0 Å². The Kier molecular flexibility index (Phi) is 10.1. The Labute approximate surface area is 241 Å². The van der Waals surface area contributed by atoms with Gasteiger partial charge in [-0.15, -0.1) is 0 Å². The first-order valence-electron chi connectivity index (χ1n) is 17.2. The van der Waals surface area contributed by atoms with Crippen molar-refractivity contribution < 1.29 is 0 Å². The number of hydrogen-bond donors (Lipinski definition) is 0. The summed E-state index contributed by atoms with van der Waals surface area (Å²) in [7, 11) is 0. The summed E-state index contributed by atoms with van der Waals surface area (Å²) in [5, 5.41) is 0. The van der Waals surface area contributed by atoms with E-state index in [1.807, 2.05) is 0 Å². The lowest BCUT2D eigenvalue weighted by molar-refractivity contribution is -0.220. The van der Waals surface area contributed by atoms with Crippen molar-refractivity contribution in [2.45, 2.75) is 142 Å². The number of hydrogen-bond acceptors (Lipinski definition) is 0. The Morgan fingerprint density at radius 2 is 1.42 bits per heavy atom. The summed E-state index contributed by atoms with van der Waals surface area (Å²) in [4.78, 5) is 0. The van der Waals surface area contributed by atoms with Crippen molar-refractivity contribution in [2.24, 2.45) is 87.3 Å². The molecule has 0 amide bonds. The lowest BCUT2D eigenvalue weighted by Gasteiger charge is -2.70. The van der Waals surface area contributed by atoms with E-state index in [1.165, 1.54) is 44.9 Å². The van der Waals surface area contributed by atoms with Gasteiger partial charge in [-0.3, -0.25) is 0 Å². The van der Waals surface area contributed by atoms with Gasteiger partial charge in [0.25, 0.3) is 0 Å². The zero-order valence-corrected chi connectivity index (χ0v) is 28.5. The van der Waals surface area contributed by atoms with E-state index >= 15 is 0 Å². The molecule has 3 aliphatic rings. The van der Waals surface area contributed by atoms with E-state index in [-0.39, 0.29) is 0 Å². The molecule has 0 aliphatic heterocycles. The minimum absolute atomic E-state index is 0.359. The van der Waals surface area contributed by atoms with Crippen LogP contribution in [0.25, 0.3) is 0 Å². The molecular formula is C38H70. The molecule has 0 aromatic carbocycles. The second kappa shape index (κ2) is 11.9. The molecule has 0 N–H and O–H groups in total.